The number of aryl methyl sites for hydroxylation is 1. The molecule has 0 aromatic carbocycles. The lowest BCUT2D eigenvalue weighted by atomic mass is 10.1. The van der Waals surface area contributed by atoms with Crippen molar-refractivity contribution in [3.05, 3.63) is 62.9 Å². The van der Waals surface area contributed by atoms with E-state index in [4.69, 9.17) is 10.4 Å². The van der Waals surface area contributed by atoms with Gasteiger partial charge < -0.3 is 4.57 Å². The Morgan fingerprint density at radius 3 is 2.83 bits per heavy atom. The number of hydrogen-bond donors (Lipinski definition) is 2. The fourth-order valence-electron chi connectivity index (χ4n) is 4.20. The van der Waals surface area contributed by atoms with Crippen LogP contribution >= 0.6 is 11.3 Å². The second-order valence-electron chi connectivity index (χ2n) is 7.55. The van der Waals surface area contributed by atoms with Gasteiger partial charge in [0.15, 0.2) is 5.13 Å². The molecule has 1 aliphatic carbocycles. The number of carbonyl (C=O) groups excluding carboxylic acids is 1. The summed E-state index contributed by atoms with van der Waals surface area (Å²) in [5.41, 5.74) is 1.91. The highest BCUT2D eigenvalue weighted by atomic mass is 32.1. The van der Waals surface area contributed by atoms with Gasteiger partial charge in [0.05, 0.1) is 10.9 Å². The number of carbonyl (C=O) groups is 1. The van der Waals surface area contributed by atoms with Crippen molar-refractivity contribution in [2.24, 2.45) is 0 Å². The van der Waals surface area contributed by atoms with E-state index in [9.17, 15) is 9.59 Å². The second-order valence-corrected chi connectivity index (χ2v) is 8.44. The summed E-state index contributed by atoms with van der Waals surface area (Å²) in [6.45, 7) is 1.91. The molecule has 2 N–H and O–H groups in total. The molecule has 1 amide bonds. The molecule has 0 radical (unpaired) electrons. The number of amides is 1. The highest BCUT2D eigenvalue weighted by molar-refractivity contribution is 7.13. The Morgan fingerprint density at radius 1 is 1.30 bits per heavy atom. The molecule has 1 aliphatic rings. The van der Waals surface area contributed by atoms with E-state index >= 15 is 0 Å². The molecule has 4 aromatic heterocycles. The van der Waals surface area contributed by atoms with E-state index < -0.39 is 5.91 Å². The highest BCUT2D eigenvalue weighted by Gasteiger charge is 2.24. The van der Waals surface area contributed by atoms with Crippen molar-refractivity contribution in [2.45, 2.75) is 38.6 Å². The molecule has 1 saturated carbocycles. The Labute approximate surface area is 175 Å². The first-order chi connectivity index (χ1) is 14.5. The van der Waals surface area contributed by atoms with E-state index in [0.29, 0.717) is 21.8 Å². The number of pyridine rings is 2. The summed E-state index contributed by atoms with van der Waals surface area (Å²) >= 11 is 1.30. The molecule has 0 unspecified atom stereocenters. The van der Waals surface area contributed by atoms with Crippen molar-refractivity contribution in [1.82, 2.24) is 18.9 Å². The van der Waals surface area contributed by atoms with Crippen molar-refractivity contribution in [2.75, 3.05) is 5.32 Å². The first-order valence-corrected chi connectivity index (χ1v) is 10.8. The monoisotopic (exact) mass is 420 g/mol. The average molecular weight is 420 g/mol. The smallest absolute Gasteiger partial charge is 0.267 e. The maximum absolute atomic E-state index is 13.3. The standard InChI is InChI=1S/C21H20N6O2S/c1-12-5-4-9-26-17(12)24-18-15(20(26)29)11-14(19(28)25-21-23-8-10-30-21)16(22)27(18)13-6-2-3-7-13/h4-5,8-11,13,22H,2-3,6-7H2,1H3,(H,23,25,28). The molecule has 8 nitrogen and oxygen atoms in total. The molecule has 1 fully saturated rings. The van der Waals surface area contributed by atoms with Gasteiger partial charge in [0.2, 0.25) is 0 Å². The third-order valence-corrected chi connectivity index (χ3v) is 6.35. The van der Waals surface area contributed by atoms with Crippen LogP contribution in [0.4, 0.5) is 5.13 Å². The SMILES string of the molecule is Cc1cccn2c(=O)c3cc(C(=O)Nc4nccs4)c(=N)n(C4CCCC4)c3nc12. The van der Waals surface area contributed by atoms with Gasteiger partial charge in [0, 0.05) is 23.8 Å². The van der Waals surface area contributed by atoms with Crippen molar-refractivity contribution >= 4 is 39.1 Å². The predicted octanol–water partition coefficient (Wildman–Crippen LogP) is 3.26. The Bertz CT molecular complexity index is 1400. The number of fused-ring (bicyclic) bond motifs is 2. The van der Waals surface area contributed by atoms with Gasteiger partial charge in [-0.2, -0.15) is 0 Å². The van der Waals surface area contributed by atoms with Crippen LogP contribution in [0.5, 0.6) is 0 Å². The predicted molar refractivity (Wildman–Crippen MR) is 115 cm³/mol. The summed E-state index contributed by atoms with van der Waals surface area (Å²) in [5, 5.41) is 14.1. The van der Waals surface area contributed by atoms with Gasteiger partial charge in [0.25, 0.3) is 11.5 Å². The molecule has 0 saturated heterocycles. The number of rotatable bonds is 3. The molecular weight excluding hydrogens is 400 g/mol. The molecule has 152 valence electrons. The lowest BCUT2D eigenvalue weighted by Crippen LogP contribution is -2.33. The summed E-state index contributed by atoms with van der Waals surface area (Å²) in [6.07, 6.45) is 7.20. The lowest BCUT2D eigenvalue weighted by molar-refractivity contribution is 0.102. The largest absolute Gasteiger partial charge is 0.307 e. The molecular formula is C21H20N6O2S. The number of nitrogens with one attached hydrogen (secondary N) is 2. The molecule has 0 spiro atoms. The minimum Gasteiger partial charge on any atom is -0.307 e. The summed E-state index contributed by atoms with van der Waals surface area (Å²) in [6, 6.07) is 5.25. The van der Waals surface area contributed by atoms with E-state index in [0.717, 1.165) is 31.2 Å². The van der Waals surface area contributed by atoms with Crippen LogP contribution in [0.25, 0.3) is 16.7 Å². The molecule has 30 heavy (non-hydrogen) atoms. The molecule has 0 atom stereocenters. The quantitative estimate of drug-likeness (QED) is 0.496. The van der Waals surface area contributed by atoms with Crippen LogP contribution in [0.2, 0.25) is 0 Å². The number of nitrogens with zero attached hydrogens (tertiary/aromatic N) is 4. The van der Waals surface area contributed by atoms with E-state index in [-0.39, 0.29) is 22.7 Å². The fourth-order valence-corrected chi connectivity index (χ4v) is 4.72. The zero-order valence-electron chi connectivity index (χ0n) is 16.4. The Morgan fingerprint density at radius 2 is 2.10 bits per heavy atom. The highest BCUT2D eigenvalue weighted by Crippen LogP contribution is 2.30. The second kappa shape index (κ2) is 7.17. The van der Waals surface area contributed by atoms with Crippen LogP contribution in [0, 0.1) is 12.3 Å². The van der Waals surface area contributed by atoms with Gasteiger partial charge >= 0.3 is 0 Å². The zero-order valence-corrected chi connectivity index (χ0v) is 17.2. The minimum absolute atomic E-state index is 0.0472. The number of aromatic nitrogens is 4. The van der Waals surface area contributed by atoms with E-state index in [1.165, 1.54) is 21.8 Å². The summed E-state index contributed by atoms with van der Waals surface area (Å²) < 4.78 is 3.29. The third kappa shape index (κ3) is 2.93. The van der Waals surface area contributed by atoms with Crippen LogP contribution < -0.4 is 16.4 Å². The number of hydrogen-bond acceptors (Lipinski definition) is 6. The summed E-state index contributed by atoms with van der Waals surface area (Å²) in [7, 11) is 0. The van der Waals surface area contributed by atoms with E-state index in [2.05, 4.69) is 10.3 Å². The average Bonchev–Trinajstić information content (AvgIpc) is 3.43. The van der Waals surface area contributed by atoms with Crippen LogP contribution in [0.15, 0.2) is 40.8 Å². The zero-order chi connectivity index (χ0) is 20.8. The molecule has 0 bridgehead atoms. The van der Waals surface area contributed by atoms with Crippen LogP contribution in [-0.4, -0.2) is 24.8 Å². The molecule has 4 heterocycles. The van der Waals surface area contributed by atoms with Gasteiger partial charge in [-0.1, -0.05) is 18.9 Å². The Kier molecular flexibility index (Phi) is 4.47. The van der Waals surface area contributed by atoms with E-state index in [1.807, 2.05) is 13.0 Å². The topological polar surface area (TPSA) is 105 Å². The molecule has 5 rings (SSSR count). The van der Waals surface area contributed by atoms with Gasteiger partial charge in [-0.25, -0.2) is 9.97 Å². The minimum atomic E-state index is -0.447. The maximum atomic E-state index is 13.3. The lowest BCUT2D eigenvalue weighted by Gasteiger charge is -2.19. The van der Waals surface area contributed by atoms with Gasteiger partial charge in [-0.15, -0.1) is 11.3 Å². The maximum Gasteiger partial charge on any atom is 0.267 e. The molecule has 9 heteroatoms. The first-order valence-electron chi connectivity index (χ1n) is 9.87. The number of anilines is 1. The van der Waals surface area contributed by atoms with Crippen LogP contribution in [0.3, 0.4) is 0 Å². The van der Waals surface area contributed by atoms with Crippen molar-refractivity contribution in [3.63, 3.8) is 0 Å². The molecule has 4 aromatic rings. The number of thiazole rings is 1. The third-order valence-electron chi connectivity index (χ3n) is 5.66. The normalized spacial score (nSPS) is 14.6. The Hall–Kier alpha value is -3.33. The van der Waals surface area contributed by atoms with Crippen LogP contribution in [0.1, 0.15) is 47.6 Å². The van der Waals surface area contributed by atoms with Crippen LogP contribution in [-0.2, 0) is 0 Å². The molecule has 0 aliphatic heterocycles. The van der Waals surface area contributed by atoms with Gasteiger partial charge in [0.1, 0.15) is 16.8 Å². The van der Waals surface area contributed by atoms with Crippen molar-refractivity contribution in [1.29, 1.82) is 5.41 Å². The van der Waals surface area contributed by atoms with Gasteiger partial charge in [-0.3, -0.25) is 24.7 Å². The summed E-state index contributed by atoms with van der Waals surface area (Å²) in [5.74, 6) is -0.447. The van der Waals surface area contributed by atoms with Crippen molar-refractivity contribution in [3.8, 4) is 0 Å². The first kappa shape index (κ1) is 18.7. The fraction of sp³-hybridized carbons (Fsp3) is 0.286. The van der Waals surface area contributed by atoms with E-state index in [1.54, 1.807) is 28.4 Å². The summed E-state index contributed by atoms with van der Waals surface area (Å²) in [4.78, 5) is 35.1. The van der Waals surface area contributed by atoms with Crippen molar-refractivity contribution < 1.29 is 4.79 Å². The Balaban J connectivity index is 1.82. The van der Waals surface area contributed by atoms with Gasteiger partial charge in [-0.05, 0) is 37.5 Å².